The van der Waals surface area contributed by atoms with E-state index in [1.165, 1.54) is 19.3 Å². The number of carbonyl (C=O) groups excluding carboxylic acids is 1. The molecule has 1 aliphatic rings. The standard InChI is InChI=1S/C15H29NO/c1-6-13-7-9-16(10-8-13)14(17)15(4,5)11-12(2)3/h12-13H,6-11H2,1-5H3. The van der Waals surface area contributed by atoms with Gasteiger partial charge in [0, 0.05) is 18.5 Å². The molecule has 0 radical (unpaired) electrons. The van der Waals surface area contributed by atoms with Gasteiger partial charge < -0.3 is 4.90 Å². The maximum absolute atomic E-state index is 12.5. The molecule has 0 bridgehead atoms. The summed E-state index contributed by atoms with van der Waals surface area (Å²) >= 11 is 0. The summed E-state index contributed by atoms with van der Waals surface area (Å²) in [5.41, 5.74) is -0.187. The van der Waals surface area contributed by atoms with Gasteiger partial charge in [-0.25, -0.2) is 0 Å². The van der Waals surface area contributed by atoms with Gasteiger partial charge in [0.05, 0.1) is 0 Å². The van der Waals surface area contributed by atoms with Crippen LogP contribution in [0.1, 0.15) is 60.3 Å². The van der Waals surface area contributed by atoms with Gasteiger partial charge in [0.1, 0.15) is 0 Å². The fourth-order valence-corrected chi connectivity index (χ4v) is 3.08. The van der Waals surface area contributed by atoms with Crippen LogP contribution in [0.5, 0.6) is 0 Å². The topological polar surface area (TPSA) is 20.3 Å². The fraction of sp³-hybridized carbons (Fsp3) is 0.933. The third kappa shape index (κ3) is 4.01. The molecule has 1 aliphatic heterocycles. The van der Waals surface area contributed by atoms with Crippen molar-refractivity contribution in [2.75, 3.05) is 13.1 Å². The van der Waals surface area contributed by atoms with Crippen LogP contribution >= 0.6 is 0 Å². The first-order chi connectivity index (χ1) is 7.86. The van der Waals surface area contributed by atoms with Crippen LogP contribution in [0.3, 0.4) is 0 Å². The number of carbonyl (C=O) groups is 1. The van der Waals surface area contributed by atoms with Crippen molar-refractivity contribution in [3.8, 4) is 0 Å². The number of hydrogen-bond acceptors (Lipinski definition) is 1. The van der Waals surface area contributed by atoms with Crippen molar-refractivity contribution in [2.45, 2.75) is 60.3 Å². The highest BCUT2D eigenvalue weighted by molar-refractivity contribution is 5.82. The zero-order chi connectivity index (χ0) is 13.1. The Kier molecular flexibility index (Phi) is 5.03. The van der Waals surface area contributed by atoms with E-state index in [0.717, 1.165) is 25.4 Å². The second-order valence-corrected chi connectivity index (χ2v) is 6.63. The summed E-state index contributed by atoms with van der Waals surface area (Å²) in [4.78, 5) is 14.6. The van der Waals surface area contributed by atoms with E-state index in [2.05, 4.69) is 39.5 Å². The lowest BCUT2D eigenvalue weighted by atomic mass is 9.81. The maximum Gasteiger partial charge on any atom is 0.228 e. The van der Waals surface area contributed by atoms with Gasteiger partial charge >= 0.3 is 0 Å². The predicted octanol–water partition coefficient (Wildman–Crippen LogP) is 3.71. The molecule has 17 heavy (non-hydrogen) atoms. The largest absolute Gasteiger partial charge is 0.342 e. The zero-order valence-electron chi connectivity index (χ0n) is 12.3. The molecular formula is C15H29NO. The van der Waals surface area contributed by atoms with Crippen LogP contribution < -0.4 is 0 Å². The van der Waals surface area contributed by atoms with Crippen molar-refractivity contribution in [1.82, 2.24) is 4.90 Å². The Bertz CT molecular complexity index is 250. The van der Waals surface area contributed by atoms with E-state index in [4.69, 9.17) is 0 Å². The van der Waals surface area contributed by atoms with Crippen LogP contribution in [0.25, 0.3) is 0 Å². The Morgan fingerprint density at radius 2 is 1.82 bits per heavy atom. The predicted molar refractivity (Wildman–Crippen MR) is 72.8 cm³/mol. The smallest absolute Gasteiger partial charge is 0.228 e. The molecule has 0 atom stereocenters. The number of amides is 1. The minimum Gasteiger partial charge on any atom is -0.342 e. The van der Waals surface area contributed by atoms with Crippen LogP contribution in [-0.2, 0) is 4.79 Å². The van der Waals surface area contributed by atoms with Gasteiger partial charge in [0.25, 0.3) is 0 Å². The van der Waals surface area contributed by atoms with Gasteiger partial charge in [-0.05, 0) is 31.1 Å². The van der Waals surface area contributed by atoms with E-state index in [1.807, 2.05) is 0 Å². The number of nitrogens with zero attached hydrogens (tertiary/aromatic N) is 1. The second kappa shape index (κ2) is 5.88. The van der Waals surface area contributed by atoms with Crippen molar-refractivity contribution in [1.29, 1.82) is 0 Å². The summed E-state index contributed by atoms with van der Waals surface area (Å²) < 4.78 is 0. The number of hydrogen-bond donors (Lipinski definition) is 0. The average molecular weight is 239 g/mol. The first-order valence-electron chi connectivity index (χ1n) is 7.16. The molecule has 2 nitrogen and oxygen atoms in total. The van der Waals surface area contributed by atoms with Crippen LogP contribution in [0.4, 0.5) is 0 Å². The minimum absolute atomic E-state index is 0.187. The Labute approximate surface area is 107 Å². The Balaban J connectivity index is 2.53. The second-order valence-electron chi connectivity index (χ2n) is 6.63. The summed E-state index contributed by atoms with van der Waals surface area (Å²) in [5.74, 6) is 1.79. The summed E-state index contributed by atoms with van der Waals surface area (Å²) in [6.07, 6.45) is 4.64. The summed E-state index contributed by atoms with van der Waals surface area (Å²) in [6.45, 7) is 12.8. The van der Waals surface area contributed by atoms with Crippen molar-refractivity contribution in [2.24, 2.45) is 17.3 Å². The number of piperidine rings is 1. The van der Waals surface area contributed by atoms with Crippen LogP contribution in [0.2, 0.25) is 0 Å². The van der Waals surface area contributed by atoms with E-state index in [0.29, 0.717) is 11.8 Å². The van der Waals surface area contributed by atoms with Gasteiger partial charge in [-0.2, -0.15) is 0 Å². The summed E-state index contributed by atoms with van der Waals surface area (Å²) in [6, 6.07) is 0. The Morgan fingerprint density at radius 3 is 2.24 bits per heavy atom. The molecular weight excluding hydrogens is 210 g/mol. The monoisotopic (exact) mass is 239 g/mol. The maximum atomic E-state index is 12.5. The molecule has 0 aromatic heterocycles. The van der Waals surface area contributed by atoms with E-state index >= 15 is 0 Å². The van der Waals surface area contributed by atoms with Gasteiger partial charge in [0.2, 0.25) is 5.91 Å². The number of rotatable bonds is 4. The highest BCUT2D eigenvalue weighted by Crippen LogP contribution is 2.30. The number of likely N-dealkylation sites (tertiary alicyclic amines) is 1. The fourth-order valence-electron chi connectivity index (χ4n) is 3.08. The molecule has 0 spiro atoms. The molecule has 1 rings (SSSR count). The van der Waals surface area contributed by atoms with Crippen LogP contribution in [-0.4, -0.2) is 23.9 Å². The summed E-state index contributed by atoms with van der Waals surface area (Å²) in [5, 5.41) is 0. The van der Waals surface area contributed by atoms with Crippen molar-refractivity contribution in [3.05, 3.63) is 0 Å². The van der Waals surface area contributed by atoms with Crippen LogP contribution in [0.15, 0.2) is 0 Å². The van der Waals surface area contributed by atoms with E-state index in [9.17, 15) is 4.79 Å². The molecule has 0 aromatic carbocycles. The molecule has 0 unspecified atom stereocenters. The Hall–Kier alpha value is -0.530. The van der Waals surface area contributed by atoms with Crippen LogP contribution in [0, 0.1) is 17.3 Å². The average Bonchev–Trinajstić information content (AvgIpc) is 2.26. The molecule has 100 valence electrons. The first kappa shape index (κ1) is 14.5. The highest BCUT2D eigenvalue weighted by Gasteiger charge is 2.34. The molecule has 1 amide bonds. The first-order valence-corrected chi connectivity index (χ1v) is 7.16. The normalized spacial score (nSPS) is 18.8. The van der Waals surface area contributed by atoms with Gasteiger partial charge in [-0.15, -0.1) is 0 Å². The van der Waals surface area contributed by atoms with Gasteiger partial charge in [-0.1, -0.05) is 41.0 Å². The zero-order valence-corrected chi connectivity index (χ0v) is 12.3. The van der Waals surface area contributed by atoms with Crippen molar-refractivity contribution >= 4 is 5.91 Å². The molecule has 0 aromatic rings. The van der Waals surface area contributed by atoms with Gasteiger partial charge in [0.15, 0.2) is 0 Å². The quantitative estimate of drug-likeness (QED) is 0.732. The molecule has 1 heterocycles. The SMILES string of the molecule is CCC1CCN(C(=O)C(C)(C)CC(C)C)CC1. The third-order valence-electron chi connectivity index (χ3n) is 3.98. The molecule has 2 heteroatoms. The highest BCUT2D eigenvalue weighted by atomic mass is 16.2. The van der Waals surface area contributed by atoms with Crippen molar-refractivity contribution < 1.29 is 4.79 Å². The summed E-state index contributed by atoms with van der Waals surface area (Å²) in [7, 11) is 0. The van der Waals surface area contributed by atoms with E-state index < -0.39 is 0 Å². The lowest BCUT2D eigenvalue weighted by Gasteiger charge is -2.37. The lowest BCUT2D eigenvalue weighted by molar-refractivity contribution is -0.142. The Morgan fingerprint density at radius 1 is 1.29 bits per heavy atom. The minimum atomic E-state index is -0.187. The van der Waals surface area contributed by atoms with Gasteiger partial charge in [-0.3, -0.25) is 4.79 Å². The third-order valence-corrected chi connectivity index (χ3v) is 3.98. The molecule has 0 saturated carbocycles. The molecule has 0 N–H and O–H groups in total. The lowest BCUT2D eigenvalue weighted by Crippen LogP contribution is -2.45. The molecule has 0 aliphatic carbocycles. The molecule has 1 saturated heterocycles. The van der Waals surface area contributed by atoms with Crippen molar-refractivity contribution in [3.63, 3.8) is 0 Å². The van der Waals surface area contributed by atoms with E-state index in [1.54, 1.807) is 0 Å². The van der Waals surface area contributed by atoms with E-state index in [-0.39, 0.29) is 5.41 Å². The molecule has 1 fully saturated rings.